The minimum absolute atomic E-state index is 0.0702. The zero-order valence-electron chi connectivity index (χ0n) is 42.0. The van der Waals surface area contributed by atoms with Gasteiger partial charge >= 0.3 is 0 Å². The third-order valence-corrected chi connectivity index (χ3v) is 25.3. The van der Waals surface area contributed by atoms with E-state index in [0.29, 0.717) is 18.9 Å². The van der Waals surface area contributed by atoms with Crippen molar-refractivity contribution in [1.82, 2.24) is 0 Å². The van der Waals surface area contributed by atoms with Gasteiger partial charge in [0, 0.05) is 26.2 Å². The van der Waals surface area contributed by atoms with Crippen molar-refractivity contribution < 1.29 is 27.8 Å². The van der Waals surface area contributed by atoms with Gasteiger partial charge in [0.05, 0.1) is 12.7 Å². The first-order valence-electron chi connectivity index (χ1n) is 24.1. The van der Waals surface area contributed by atoms with Crippen LogP contribution in [-0.4, -0.2) is 50.5 Å². The number of benzene rings is 5. The molecule has 0 N–H and O–H groups in total. The van der Waals surface area contributed by atoms with Crippen molar-refractivity contribution in [2.75, 3.05) is 27.8 Å². The van der Waals surface area contributed by atoms with Gasteiger partial charge in [-0.15, -0.1) is 0 Å². The minimum atomic E-state index is -2.84. The zero-order valence-corrected chi connectivity index (χ0v) is 44.0. The van der Waals surface area contributed by atoms with Gasteiger partial charge in [-0.1, -0.05) is 195 Å². The first-order chi connectivity index (χ1) is 31.4. The molecular formula is C58H76O6Si2. The predicted molar refractivity (Wildman–Crippen MR) is 277 cm³/mol. The van der Waals surface area contributed by atoms with Gasteiger partial charge in [0.2, 0.25) is 0 Å². The van der Waals surface area contributed by atoms with Crippen molar-refractivity contribution in [1.29, 1.82) is 0 Å². The topological polar surface area (TPSA) is 55.4 Å². The van der Waals surface area contributed by atoms with Crippen molar-refractivity contribution in [2.24, 2.45) is 16.7 Å². The fraction of sp³-hybridized carbons (Fsp3) is 0.448. The molecule has 0 radical (unpaired) electrons. The largest absolute Gasteiger partial charge is 0.467 e. The van der Waals surface area contributed by atoms with Crippen molar-refractivity contribution in [3.8, 4) is 11.5 Å². The standard InChI is InChI=1S/C58H76O6Si2/c1-43-33-34-53-57(8,9)54(64-66(56(5,6)7,47-29-21-15-22-30-47)48-31-23-16-24-32-48)35-36-58(53,10)50(43)39-49-51(61-41-59-11)37-44(38-52(49)62-42-60-12)40-63-65(55(2,3)4,45-25-17-13-18-26-45)46-27-19-14-20-28-46/h13-32,37-38,53-54H,33-36,39-42H2,1-12H3/t53-,54-,58+/m0/s1. The van der Waals surface area contributed by atoms with E-state index in [1.165, 1.54) is 31.9 Å². The van der Waals surface area contributed by atoms with E-state index in [2.05, 4.69) is 203 Å². The van der Waals surface area contributed by atoms with Gasteiger partial charge in [0.25, 0.3) is 16.6 Å². The lowest BCUT2D eigenvalue weighted by molar-refractivity contribution is -0.0809. The van der Waals surface area contributed by atoms with E-state index in [9.17, 15) is 0 Å². The van der Waals surface area contributed by atoms with Gasteiger partial charge in [-0.25, -0.2) is 0 Å². The summed E-state index contributed by atoms with van der Waals surface area (Å²) in [6.07, 6.45) is 4.94. The van der Waals surface area contributed by atoms with Crippen molar-refractivity contribution in [3.63, 3.8) is 0 Å². The third kappa shape index (κ3) is 9.43. The first kappa shape index (κ1) is 49.6. The molecule has 3 atom stereocenters. The molecular weight excluding hydrogens is 849 g/mol. The van der Waals surface area contributed by atoms with Crippen LogP contribution in [0.25, 0.3) is 0 Å². The van der Waals surface area contributed by atoms with Crippen molar-refractivity contribution >= 4 is 37.4 Å². The molecule has 7 rings (SSSR count). The molecule has 8 heteroatoms. The fourth-order valence-corrected chi connectivity index (χ4v) is 21.5. The Labute approximate surface area is 399 Å². The molecule has 66 heavy (non-hydrogen) atoms. The van der Waals surface area contributed by atoms with Gasteiger partial charge in [0.1, 0.15) is 11.5 Å². The molecule has 0 heterocycles. The number of fused-ring (bicyclic) bond motifs is 1. The average Bonchev–Trinajstić information content (AvgIpc) is 3.29. The van der Waals surface area contributed by atoms with Crippen LogP contribution in [0.5, 0.6) is 11.5 Å². The molecule has 0 unspecified atom stereocenters. The molecule has 352 valence electrons. The second-order valence-corrected chi connectivity index (χ2v) is 30.3. The number of methoxy groups -OCH3 is 2. The minimum Gasteiger partial charge on any atom is -0.467 e. The molecule has 1 saturated carbocycles. The van der Waals surface area contributed by atoms with E-state index >= 15 is 0 Å². The maximum absolute atomic E-state index is 8.02. The highest BCUT2D eigenvalue weighted by Gasteiger charge is 2.59. The molecule has 0 spiro atoms. The molecule has 5 aromatic rings. The molecule has 0 bridgehead atoms. The quantitative estimate of drug-likeness (QED) is 0.0526. The van der Waals surface area contributed by atoms with E-state index in [1.807, 2.05) is 0 Å². The summed E-state index contributed by atoms with van der Waals surface area (Å²) in [5.74, 6) is 1.90. The Morgan fingerprint density at radius 2 is 1.02 bits per heavy atom. The molecule has 0 saturated heterocycles. The highest BCUT2D eigenvalue weighted by atomic mass is 28.4. The highest BCUT2D eigenvalue weighted by Crippen LogP contribution is 2.62. The van der Waals surface area contributed by atoms with Crippen LogP contribution in [0.15, 0.2) is 145 Å². The van der Waals surface area contributed by atoms with Crippen LogP contribution in [0.1, 0.15) is 106 Å². The maximum Gasteiger partial charge on any atom is 0.261 e. The Kier molecular flexibility index (Phi) is 15.1. The van der Waals surface area contributed by atoms with Gasteiger partial charge < -0.3 is 27.8 Å². The van der Waals surface area contributed by atoms with E-state index in [4.69, 9.17) is 27.8 Å². The molecule has 0 amide bonds. The Morgan fingerprint density at radius 1 is 0.591 bits per heavy atom. The zero-order chi connectivity index (χ0) is 47.4. The summed E-state index contributed by atoms with van der Waals surface area (Å²) in [5, 5.41) is 4.87. The van der Waals surface area contributed by atoms with E-state index in [0.717, 1.165) is 48.3 Å². The summed E-state index contributed by atoms with van der Waals surface area (Å²) in [6.45, 7) is 24.6. The molecule has 6 nitrogen and oxygen atoms in total. The highest BCUT2D eigenvalue weighted by molar-refractivity contribution is 7.00. The molecule has 0 aliphatic heterocycles. The van der Waals surface area contributed by atoms with Crippen molar-refractivity contribution in [3.05, 3.63) is 156 Å². The van der Waals surface area contributed by atoms with Crippen LogP contribution >= 0.6 is 0 Å². The Hall–Kier alpha value is -4.29. The number of hydrogen-bond acceptors (Lipinski definition) is 6. The number of allylic oxidation sites excluding steroid dienone is 2. The fourth-order valence-electron chi connectivity index (χ4n) is 12.1. The first-order valence-corrected chi connectivity index (χ1v) is 27.9. The average molecular weight is 925 g/mol. The molecule has 0 aromatic heterocycles. The summed E-state index contributed by atoms with van der Waals surface area (Å²) >= 11 is 0. The second-order valence-electron chi connectivity index (χ2n) is 21.7. The summed E-state index contributed by atoms with van der Waals surface area (Å²) in [5.41, 5.74) is 4.75. The predicted octanol–water partition coefficient (Wildman–Crippen LogP) is 11.8. The maximum atomic E-state index is 8.02. The van der Waals surface area contributed by atoms with E-state index in [-0.39, 0.29) is 40.6 Å². The van der Waals surface area contributed by atoms with Crippen LogP contribution < -0.4 is 30.2 Å². The SMILES string of the molecule is COCOc1cc(CO[Si](c2ccccc2)(c2ccccc2)C(C)(C)C)cc(OCOC)c1CC1=C(C)CC[C@H]2C(C)(C)[C@@H](O[Si](c3ccccc3)(c3ccccc3)C(C)(C)C)CC[C@]12C. The second kappa shape index (κ2) is 20.1. The van der Waals surface area contributed by atoms with Gasteiger partial charge in [-0.05, 0) is 97.9 Å². The summed E-state index contributed by atoms with van der Waals surface area (Å²) in [7, 11) is -2.28. The summed E-state index contributed by atoms with van der Waals surface area (Å²) < 4.78 is 39.8. The lowest BCUT2D eigenvalue weighted by Gasteiger charge is -2.60. The Balaban J connectivity index is 1.26. The molecule has 5 aromatic carbocycles. The number of ether oxygens (including phenoxy) is 4. The molecule has 2 aliphatic carbocycles. The monoisotopic (exact) mass is 925 g/mol. The Bertz CT molecular complexity index is 2280. The van der Waals surface area contributed by atoms with Crippen LogP contribution in [0.4, 0.5) is 0 Å². The van der Waals surface area contributed by atoms with Crippen LogP contribution in [0.2, 0.25) is 10.1 Å². The third-order valence-electron chi connectivity index (χ3n) is 15.3. The normalized spacial score (nSPS) is 20.2. The Morgan fingerprint density at radius 3 is 1.42 bits per heavy atom. The van der Waals surface area contributed by atoms with Gasteiger partial charge in [0.15, 0.2) is 13.6 Å². The van der Waals surface area contributed by atoms with E-state index < -0.39 is 16.6 Å². The van der Waals surface area contributed by atoms with Gasteiger partial charge in [-0.3, -0.25) is 0 Å². The van der Waals surface area contributed by atoms with Crippen molar-refractivity contribution in [2.45, 2.75) is 124 Å². The molecule has 1 fully saturated rings. The van der Waals surface area contributed by atoms with Crippen LogP contribution in [0.3, 0.4) is 0 Å². The number of hydrogen-bond donors (Lipinski definition) is 0. The lowest BCUT2D eigenvalue weighted by atomic mass is 9.49. The summed E-state index contributed by atoms with van der Waals surface area (Å²) in [4.78, 5) is 0. The summed E-state index contributed by atoms with van der Waals surface area (Å²) in [6, 6.07) is 48.2. The van der Waals surface area contributed by atoms with Crippen LogP contribution in [-0.2, 0) is 31.4 Å². The van der Waals surface area contributed by atoms with Crippen LogP contribution in [0, 0.1) is 16.7 Å². The smallest absolute Gasteiger partial charge is 0.261 e. The molecule has 2 aliphatic rings. The number of rotatable bonds is 17. The van der Waals surface area contributed by atoms with Gasteiger partial charge in [-0.2, -0.15) is 0 Å². The lowest BCUT2D eigenvalue weighted by Crippen LogP contribution is -2.69. The van der Waals surface area contributed by atoms with E-state index in [1.54, 1.807) is 14.2 Å².